The van der Waals surface area contributed by atoms with Gasteiger partial charge in [-0.25, -0.2) is 9.37 Å². The van der Waals surface area contributed by atoms with Crippen molar-refractivity contribution in [2.45, 2.75) is 0 Å². The predicted octanol–water partition coefficient (Wildman–Crippen LogP) is 3.34. The molecule has 2 heterocycles. The van der Waals surface area contributed by atoms with Crippen molar-refractivity contribution in [3.05, 3.63) is 33.9 Å². The first-order chi connectivity index (χ1) is 9.11. The molecule has 0 radical (unpaired) electrons. The fourth-order valence-electron chi connectivity index (χ4n) is 1.51. The SMILES string of the molecule is Nc1nc(-c2nc(-c3cc(F)cc(Br)c3)no2)cs1. The third-order valence-corrected chi connectivity index (χ3v) is 3.42. The molecule has 0 atom stereocenters. The van der Waals surface area contributed by atoms with Gasteiger partial charge in [-0.2, -0.15) is 4.98 Å². The second-order valence-corrected chi connectivity index (χ2v) is 5.46. The number of hydrogen-bond acceptors (Lipinski definition) is 6. The van der Waals surface area contributed by atoms with E-state index in [1.807, 2.05) is 0 Å². The summed E-state index contributed by atoms with van der Waals surface area (Å²) in [5.74, 6) is 0.165. The summed E-state index contributed by atoms with van der Waals surface area (Å²) in [7, 11) is 0. The quantitative estimate of drug-likeness (QED) is 0.773. The molecule has 5 nitrogen and oxygen atoms in total. The van der Waals surface area contributed by atoms with Crippen molar-refractivity contribution in [2.24, 2.45) is 0 Å². The molecule has 0 bridgehead atoms. The molecule has 8 heteroatoms. The van der Waals surface area contributed by atoms with Gasteiger partial charge in [0.15, 0.2) is 5.13 Å². The highest BCUT2D eigenvalue weighted by molar-refractivity contribution is 9.10. The zero-order chi connectivity index (χ0) is 13.4. The lowest BCUT2D eigenvalue weighted by Gasteiger charge is -1.96. The Hall–Kier alpha value is -1.80. The van der Waals surface area contributed by atoms with E-state index in [0.29, 0.717) is 26.7 Å². The monoisotopic (exact) mass is 340 g/mol. The topological polar surface area (TPSA) is 77.8 Å². The maximum atomic E-state index is 13.3. The van der Waals surface area contributed by atoms with E-state index >= 15 is 0 Å². The number of anilines is 1. The molecule has 1 aromatic carbocycles. The van der Waals surface area contributed by atoms with E-state index in [9.17, 15) is 4.39 Å². The van der Waals surface area contributed by atoms with Crippen LogP contribution in [0.3, 0.4) is 0 Å². The van der Waals surface area contributed by atoms with E-state index in [-0.39, 0.29) is 11.7 Å². The van der Waals surface area contributed by atoms with Crippen LogP contribution in [0.5, 0.6) is 0 Å². The zero-order valence-corrected chi connectivity index (χ0v) is 11.7. The van der Waals surface area contributed by atoms with Crippen molar-refractivity contribution in [3.8, 4) is 23.0 Å². The average Bonchev–Trinajstić information content (AvgIpc) is 2.95. The van der Waals surface area contributed by atoms with Crippen LogP contribution < -0.4 is 5.73 Å². The van der Waals surface area contributed by atoms with Gasteiger partial charge in [-0.05, 0) is 18.2 Å². The molecule has 0 amide bonds. The van der Waals surface area contributed by atoms with Gasteiger partial charge in [0, 0.05) is 15.4 Å². The Morgan fingerprint density at radius 3 is 2.79 bits per heavy atom. The first kappa shape index (κ1) is 12.2. The molecule has 3 rings (SSSR count). The van der Waals surface area contributed by atoms with Crippen molar-refractivity contribution in [1.82, 2.24) is 15.1 Å². The lowest BCUT2D eigenvalue weighted by molar-refractivity contribution is 0.431. The fraction of sp³-hybridized carbons (Fsp3) is 0. The molecule has 0 aliphatic carbocycles. The van der Waals surface area contributed by atoms with Crippen molar-refractivity contribution in [2.75, 3.05) is 5.73 Å². The standard InChI is InChI=1S/C11H6BrFN4OS/c12-6-1-5(2-7(13)3-6)9-16-10(18-17-9)8-4-19-11(14)15-8/h1-4H,(H2,14,15). The van der Waals surface area contributed by atoms with Gasteiger partial charge >= 0.3 is 0 Å². The maximum Gasteiger partial charge on any atom is 0.277 e. The van der Waals surface area contributed by atoms with Crippen LogP contribution in [-0.4, -0.2) is 15.1 Å². The van der Waals surface area contributed by atoms with Crippen LogP contribution in [0.4, 0.5) is 9.52 Å². The number of nitrogens with zero attached hydrogens (tertiary/aromatic N) is 3. The number of nitrogen functional groups attached to an aromatic ring is 1. The second-order valence-electron chi connectivity index (χ2n) is 3.65. The molecule has 19 heavy (non-hydrogen) atoms. The number of hydrogen-bond donors (Lipinski definition) is 1. The normalized spacial score (nSPS) is 10.8. The lowest BCUT2D eigenvalue weighted by atomic mass is 10.2. The Kier molecular flexibility index (Phi) is 3.03. The van der Waals surface area contributed by atoms with Gasteiger partial charge in [0.1, 0.15) is 11.5 Å². The molecule has 0 fully saturated rings. The minimum absolute atomic E-state index is 0.253. The second kappa shape index (κ2) is 4.71. The predicted molar refractivity (Wildman–Crippen MR) is 72.9 cm³/mol. The number of benzene rings is 1. The third kappa shape index (κ3) is 2.49. The number of rotatable bonds is 2. The Morgan fingerprint density at radius 1 is 1.26 bits per heavy atom. The molecule has 0 aliphatic heterocycles. The van der Waals surface area contributed by atoms with Gasteiger partial charge in [-0.3, -0.25) is 0 Å². The molecular formula is C11H6BrFN4OS. The Morgan fingerprint density at radius 2 is 2.11 bits per heavy atom. The molecule has 0 saturated heterocycles. The Bertz CT molecular complexity index is 722. The number of aromatic nitrogens is 3. The van der Waals surface area contributed by atoms with E-state index < -0.39 is 0 Å². The molecular weight excluding hydrogens is 335 g/mol. The van der Waals surface area contributed by atoms with Crippen molar-refractivity contribution >= 4 is 32.4 Å². The Balaban J connectivity index is 2.01. The summed E-state index contributed by atoms with van der Waals surface area (Å²) in [6.45, 7) is 0. The molecule has 96 valence electrons. The molecule has 2 aromatic heterocycles. The van der Waals surface area contributed by atoms with E-state index in [4.69, 9.17) is 10.3 Å². The van der Waals surface area contributed by atoms with Crippen LogP contribution in [0.1, 0.15) is 0 Å². The summed E-state index contributed by atoms with van der Waals surface area (Å²) in [4.78, 5) is 8.21. The Labute approximate surface area is 119 Å². The highest BCUT2D eigenvalue weighted by Gasteiger charge is 2.14. The summed E-state index contributed by atoms with van der Waals surface area (Å²) >= 11 is 4.49. The average molecular weight is 341 g/mol. The summed E-state index contributed by atoms with van der Waals surface area (Å²) in [5.41, 5.74) is 6.56. The molecule has 0 unspecified atom stereocenters. The molecule has 0 spiro atoms. The third-order valence-electron chi connectivity index (χ3n) is 2.29. The fourth-order valence-corrected chi connectivity index (χ4v) is 2.52. The minimum atomic E-state index is -0.381. The van der Waals surface area contributed by atoms with Crippen molar-refractivity contribution in [3.63, 3.8) is 0 Å². The minimum Gasteiger partial charge on any atom is -0.375 e. The highest BCUT2D eigenvalue weighted by atomic mass is 79.9. The van der Waals surface area contributed by atoms with Gasteiger partial charge in [-0.15, -0.1) is 11.3 Å². The summed E-state index contributed by atoms with van der Waals surface area (Å²) < 4.78 is 19.0. The van der Waals surface area contributed by atoms with Crippen LogP contribution >= 0.6 is 27.3 Å². The number of halogens is 2. The maximum absolute atomic E-state index is 13.3. The summed E-state index contributed by atoms with van der Waals surface area (Å²) in [6.07, 6.45) is 0. The summed E-state index contributed by atoms with van der Waals surface area (Å²) in [5, 5.41) is 5.94. The van der Waals surface area contributed by atoms with E-state index in [2.05, 4.69) is 31.1 Å². The van der Waals surface area contributed by atoms with Crippen molar-refractivity contribution in [1.29, 1.82) is 0 Å². The first-order valence-electron chi connectivity index (χ1n) is 5.13. The van der Waals surface area contributed by atoms with Crippen LogP contribution in [0.2, 0.25) is 0 Å². The summed E-state index contributed by atoms with van der Waals surface area (Å²) in [6, 6.07) is 4.38. The van der Waals surface area contributed by atoms with E-state index in [1.165, 1.54) is 23.5 Å². The van der Waals surface area contributed by atoms with Gasteiger partial charge in [0.2, 0.25) is 5.82 Å². The van der Waals surface area contributed by atoms with Gasteiger partial charge in [0.05, 0.1) is 0 Å². The van der Waals surface area contributed by atoms with E-state index in [0.717, 1.165) is 0 Å². The molecule has 3 aromatic rings. The van der Waals surface area contributed by atoms with Gasteiger partial charge in [-0.1, -0.05) is 21.1 Å². The van der Waals surface area contributed by atoms with Crippen LogP contribution in [0.15, 0.2) is 32.6 Å². The molecule has 2 N–H and O–H groups in total. The smallest absolute Gasteiger partial charge is 0.277 e. The first-order valence-corrected chi connectivity index (χ1v) is 6.80. The van der Waals surface area contributed by atoms with Gasteiger partial charge in [0.25, 0.3) is 5.89 Å². The van der Waals surface area contributed by atoms with E-state index in [1.54, 1.807) is 11.4 Å². The van der Waals surface area contributed by atoms with Crippen LogP contribution in [0.25, 0.3) is 23.0 Å². The zero-order valence-electron chi connectivity index (χ0n) is 9.30. The van der Waals surface area contributed by atoms with Gasteiger partial charge < -0.3 is 10.3 Å². The lowest BCUT2D eigenvalue weighted by Crippen LogP contribution is -1.85. The van der Waals surface area contributed by atoms with Crippen molar-refractivity contribution < 1.29 is 8.91 Å². The number of nitrogens with two attached hydrogens (primary N) is 1. The number of thiazole rings is 1. The van der Waals surface area contributed by atoms with Crippen LogP contribution in [-0.2, 0) is 0 Å². The molecule has 0 saturated carbocycles. The highest BCUT2D eigenvalue weighted by Crippen LogP contribution is 2.26. The van der Waals surface area contributed by atoms with Crippen LogP contribution in [0, 0.1) is 5.82 Å². The largest absolute Gasteiger partial charge is 0.375 e. The molecule has 0 aliphatic rings.